The zero-order valence-electron chi connectivity index (χ0n) is 21.6. The Morgan fingerprint density at radius 3 is 2.50 bits per heavy atom. The highest BCUT2D eigenvalue weighted by Crippen LogP contribution is 2.35. The van der Waals surface area contributed by atoms with Crippen LogP contribution < -0.4 is 9.80 Å². The summed E-state index contributed by atoms with van der Waals surface area (Å²) < 4.78 is 0. The first-order valence-corrected chi connectivity index (χ1v) is 12.5. The molecule has 36 heavy (non-hydrogen) atoms. The van der Waals surface area contributed by atoms with Gasteiger partial charge in [-0.15, -0.1) is 0 Å². The molecule has 0 aliphatic carbocycles. The molecule has 0 saturated carbocycles. The molecule has 0 N–H and O–H groups in total. The van der Waals surface area contributed by atoms with E-state index in [1.54, 1.807) is 13.1 Å². The maximum Gasteiger partial charge on any atom is 0.273 e. The molecule has 1 atom stereocenters. The molecule has 9 heteroatoms. The Morgan fingerprint density at radius 1 is 1.06 bits per heavy atom. The first kappa shape index (κ1) is 24.0. The van der Waals surface area contributed by atoms with Crippen LogP contribution in [0.2, 0.25) is 0 Å². The van der Waals surface area contributed by atoms with Crippen LogP contribution in [-0.2, 0) is 11.3 Å². The molecular formula is C27H33N7O2. The van der Waals surface area contributed by atoms with E-state index < -0.39 is 0 Å². The van der Waals surface area contributed by atoms with Crippen LogP contribution in [0.4, 0.5) is 11.8 Å². The zero-order valence-corrected chi connectivity index (χ0v) is 21.6. The van der Waals surface area contributed by atoms with Crippen LogP contribution in [0, 0.1) is 0 Å². The highest BCUT2D eigenvalue weighted by atomic mass is 16.2. The minimum Gasteiger partial charge on any atom is -0.352 e. The van der Waals surface area contributed by atoms with Gasteiger partial charge in [-0.3, -0.25) is 14.6 Å². The standard InChI is InChI=1S/C27H33N7O2/c1-17(2)34-16-22-24(26(34)36)29-27(33-13-11-32(12-14-33)19(4)35)30-25(22)31(5)18(3)20-8-9-23-21(15-20)7-6-10-28-23/h6-10,15,17-18H,11-14,16H2,1-5H3. The number of hydrogen-bond acceptors (Lipinski definition) is 7. The van der Waals surface area contributed by atoms with Gasteiger partial charge in [0.25, 0.3) is 5.91 Å². The van der Waals surface area contributed by atoms with Crippen LogP contribution >= 0.6 is 0 Å². The Bertz CT molecular complexity index is 1320. The number of benzene rings is 1. The number of piperazine rings is 1. The molecule has 5 rings (SSSR count). The molecule has 0 radical (unpaired) electrons. The SMILES string of the molecule is CC(=O)N1CCN(c2nc3c(c(N(C)C(C)c4ccc5ncccc5c4)n2)CN(C(C)C)C3=O)CC1. The highest BCUT2D eigenvalue weighted by molar-refractivity contribution is 5.98. The summed E-state index contributed by atoms with van der Waals surface area (Å²) in [6, 6.07) is 10.4. The Morgan fingerprint density at radius 2 is 1.81 bits per heavy atom. The average molecular weight is 488 g/mol. The molecular weight excluding hydrogens is 454 g/mol. The monoisotopic (exact) mass is 487 g/mol. The van der Waals surface area contributed by atoms with Gasteiger partial charge < -0.3 is 19.6 Å². The fourth-order valence-corrected chi connectivity index (χ4v) is 4.99. The Hall–Kier alpha value is -3.75. The number of carbonyl (C=O) groups is 2. The maximum atomic E-state index is 13.3. The summed E-state index contributed by atoms with van der Waals surface area (Å²) in [5, 5.41) is 1.09. The number of carbonyl (C=O) groups excluding carboxylic acids is 2. The molecule has 2 amide bonds. The summed E-state index contributed by atoms with van der Waals surface area (Å²) in [6.45, 7) is 10.8. The second-order valence-electron chi connectivity index (χ2n) is 9.94. The van der Waals surface area contributed by atoms with E-state index >= 15 is 0 Å². The van der Waals surface area contributed by atoms with E-state index in [0.717, 1.165) is 27.8 Å². The van der Waals surface area contributed by atoms with Gasteiger partial charge in [0, 0.05) is 63.3 Å². The molecule has 1 fully saturated rings. The lowest BCUT2D eigenvalue weighted by Crippen LogP contribution is -2.48. The van der Waals surface area contributed by atoms with Gasteiger partial charge in [0.2, 0.25) is 11.9 Å². The number of aromatic nitrogens is 3. The lowest BCUT2D eigenvalue weighted by Gasteiger charge is -2.35. The van der Waals surface area contributed by atoms with Crippen LogP contribution in [0.5, 0.6) is 0 Å². The number of hydrogen-bond donors (Lipinski definition) is 0. The minimum atomic E-state index is -0.0508. The Labute approximate surface area is 211 Å². The van der Waals surface area contributed by atoms with E-state index in [0.29, 0.717) is 44.4 Å². The van der Waals surface area contributed by atoms with E-state index in [4.69, 9.17) is 9.97 Å². The predicted molar refractivity (Wildman–Crippen MR) is 140 cm³/mol. The van der Waals surface area contributed by atoms with Gasteiger partial charge in [0.1, 0.15) is 11.5 Å². The first-order chi connectivity index (χ1) is 17.2. The number of anilines is 2. The molecule has 1 aromatic carbocycles. The number of amides is 2. The van der Waals surface area contributed by atoms with Crippen LogP contribution in [0.3, 0.4) is 0 Å². The van der Waals surface area contributed by atoms with Crippen molar-refractivity contribution in [2.75, 3.05) is 43.0 Å². The van der Waals surface area contributed by atoms with Crippen LogP contribution in [0.25, 0.3) is 10.9 Å². The average Bonchev–Trinajstić information content (AvgIpc) is 3.23. The summed E-state index contributed by atoms with van der Waals surface area (Å²) in [5.41, 5.74) is 3.47. The van der Waals surface area contributed by atoms with Crippen molar-refractivity contribution in [2.24, 2.45) is 0 Å². The lowest BCUT2D eigenvalue weighted by molar-refractivity contribution is -0.129. The summed E-state index contributed by atoms with van der Waals surface area (Å²) in [6.07, 6.45) is 1.80. The van der Waals surface area contributed by atoms with Crippen molar-refractivity contribution < 1.29 is 9.59 Å². The van der Waals surface area contributed by atoms with Crippen molar-refractivity contribution in [1.29, 1.82) is 0 Å². The van der Waals surface area contributed by atoms with Crippen molar-refractivity contribution in [3.05, 3.63) is 53.3 Å². The summed E-state index contributed by atoms with van der Waals surface area (Å²) in [4.78, 5) is 47.2. The van der Waals surface area contributed by atoms with E-state index in [1.165, 1.54) is 0 Å². The lowest BCUT2D eigenvalue weighted by atomic mass is 10.0. The molecule has 2 aromatic heterocycles. The molecule has 2 aliphatic rings. The first-order valence-electron chi connectivity index (χ1n) is 12.5. The number of nitrogens with zero attached hydrogens (tertiary/aromatic N) is 7. The Kier molecular flexibility index (Phi) is 6.24. The van der Waals surface area contributed by atoms with Gasteiger partial charge in [0.05, 0.1) is 18.1 Å². The zero-order chi connectivity index (χ0) is 25.6. The van der Waals surface area contributed by atoms with Gasteiger partial charge in [-0.05, 0) is 44.5 Å². The smallest absolute Gasteiger partial charge is 0.273 e. The normalized spacial score (nSPS) is 16.6. The second kappa shape index (κ2) is 9.37. The van der Waals surface area contributed by atoms with Gasteiger partial charge in [-0.1, -0.05) is 12.1 Å². The van der Waals surface area contributed by atoms with Gasteiger partial charge in [0.15, 0.2) is 0 Å². The van der Waals surface area contributed by atoms with Crippen molar-refractivity contribution in [3.63, 3.8) is 0 Å². The van der Waals surface area contributed by atoms with E-state index in [9.17, 15) is 9.59 Å². The number of fused-ring (bicyclic) bond motifs is 2. The molecule has 1 saturated heterocycles. The van der Waals surface area contributed by atoms with Crippen molar-refractivity contribution in [3.8, 4) is 0 Å². The molecule has 0 spiro atoms. The number of rotatable bonds is 5. The van der Waals surface area contributed by atoms with E-state index in [2.05, 4.69) is 39.9 Å². The molecule has 2 aliphatic heterocycles. The molecule has 9 nitrogen and oxygen atoms in total. The van der Waals surface area contributed by atoms with Crippen molar-refractivity contribution >= 4 is 34.5 Å². The van der Waals surface area contributed by atoms with E-state index in [1.807, 2.05) is 42.8 Å². The quantitative estimate of drug-likeness (QED) is 0.546. The van der Waals surface area contributed by atoms with Crippen LogP contribution in [-0.4, -0.2) is 75.8 Å². The second-order valence-corrected chi connectivity index (χ2v) is 9.94. The topological polar surface area (TPSA) is 85.8 Å². The van der Waals surface area contributed by atoms with Gasteiger partial charge >= 0.3 is 0 Å². The van der Waals surface area contributed by atoms with E-state index in [-0.39, 0.29) is 23.9 Å². The fourth-order valence-electron chi connectivity index (χ4n) is 4.99. The maximum absolute atomic E-state index is 13.3. The fraction of sp³-hybridized carbons (Fsp3) is 0.444. The molecule has 1 unspecified atom stereocenters. The largest absolute Gasteiger partial charge is 0.352 e. The predicted octanol–water partition coefficient (Wildman–Crippen LogP) is 3.25. The third-order valence-electron chi connectivity index (χ3n) is 7.42. The molecule has 4 heterocycles. The van der Waals surface area contributed by atoms with Crippen LogP contribution in [0.15, 0.2) is 36.5 Å². The van der Waals surface area contributed by atoms with Gasteiger partial charge in [-0.2, -0.15) is 4.98 Å². The molecule has 188 valence electrons. The Balaban J connectivity index is 1.52. The highest BCUT2D eigenvalue weighted by Gasteiger charge is 2.36. The van der Waals surface area contributed by atoms with Gasteiger partial charge in [-0.25, -0.2) is 4.98 Å². The van der Waals surface area contributed by atoms with Crippen molar-refractivity contribution in [1.82, 2.24) is 24.8 Å². The third-order valence-corrected chi connectivity index (χ3v) is 7.42. The summed E-state index contributed by atoms with van der Waals surface area (Å²) >= 11 is 0. The molecule has 0 bridgehead atoms. The molecule has 3 aromatic rings. The van der Waals surface area contributed by atoms with Crippen LogP contribution in [0.1, 0.15) is 55.4 Å². The van der Waals surface area contributed by atoms with Crippen molar-refractivity contribution in [2.45, 2.75) is 46.3 Å². The summed E-state index contributed by atoms with van der Waals surface area (Å²) in [7, 11) is 2.03. The third kappa shape index (κ3) is 4.23. The minimum absolute atomic E-state index is 0.0132. The number of pyridine rings is 1. The summed E-state index contributed by atoms with van der Waals surface area (Å²) in [5.74, 6) is 1.35.